The van der Waals surface area contributed by atoms with E-state index < -0.39 is 30.4 Å². The summed E-state index contributed by atoms with van der Waals surface area (Å²) in [6, 6.07) is 1.10. The summed E-state index contributed by atoms with van der Waals surface area (Å²) in [4.78, 5) is 8.73. The van der Waals surface area contributed by atoms with Gasteiger partial charge in [-0.15, -0.1) is 0 Å². The highest BCUT2D eigenvalue weighted by Crippen LogP contribution is 2.32. The van der Waals surface area contributed by atoms with Gasteiger partial charge in [0.2, 0.25) is 5.82 Å². The molecule has 9 heteroatoms. The first-order valence-corrected chi connectivity index (χ1v) is 6.05. The first-order chi connectivity index (χ1) is 7.27. The Morgan fingerprint density at radius 1 is 1.50 bits per heavy atom. The summed E-state index contributed by atoms with van der Waals surface area (Å²) >= 11 is 0. The van der Waals surface area contributed by atoms with Crippen molar-refractivity contribution in [3.8, 4) is 5.75 Å². The van der Waals surface area contributed by atoms with E-state index in [1.165, 1.54) is 0 Å². The molecule has 0 aliphatic rings. The number of methoxy groups -OCH3 is 1. The normalized spacial score (nSPS) is 11.2. The zero-order chi connectivity index (χ0) is 12.5. The third kappa shape index (κ3) is 2.39. The number of hydrogen-bond acceptors (Lipinski definition) is 5. The van der Waals surface area contributed by atoms with Crippen LogP contribution in [0.1, 0.15) is 0 Å². The van der Waals surface area contributed by atoms with Gasteiger partial charge in [-0.1, -0.05) is 0 Å². The van der Waals surface area contributed by atoms with Gasteiger partial charge in [0.05, 0.1) is 18.1 Å². The molecule has 0 fully saturated rings. The van der Waals surface area contributed by atoms with Crippen LogP contribution >= 0.6 is 10.7 Å². The van der Waals surface area contributed by atoms with E-state index in [1.54, 1.807) is 0 Å². The van der Waals surface area contributed by atoms with Crippen LogP contribution in [0.3, 0.4) is 0 Å². The summed E-state index contributed by atoms with van der Waals surface area (Å²) < 4.78 is 39.7. The quantitative estimate of drug-likeness (QED) is 0.473. The predicted octanol–water partition coefficient (Wildman–Crippen LogP) is 1.67. The number of nitrogens with zero attached hydrogens (tertiary/aromatic N) is 1. The Labute approximate surface area is 94.2 Å². The van der Waals surface area contributed by atoms with Gasteiger partial charge in [0.1, 0.15) is 10.6 Å². The summed E-state index contributed by atoms with van der Waals surface area (Å²) in [7, 11) is 1.86. The van der Waals surface area contributed by atoms with Gasteiger partial charge < -0.3 is 4.74 Å². The molecule has 16 heavy (non-hydrogen) atoms. The molecule has 1 rings (SSSR count). The van der Waals surface area contributed by atoms with Crippen LogP contribution < -0.4 is 4.74 Å². The third-order valence-corrected chi connectivity index (χ3v) is 3.04. The van der Waals surface area contributed by atoms with Crippen LogP contribution in [0.5, 0.6) is 5.75 Å². The molecule has 0 radical (unpaired) electrons. The molecule has 6 nitrogen and oxygen atoms in total. The molecule has 0 aliphatic heterocycles. The molecular weight excluding hydrogens is 265 g/mol. The molecule has 0 aliphatic carbocycles. The Bertz CT molecular complexity index is 544. The SMILES string of the molecule is COc1cc([N+](=O)[O-])c(F)cc1S(=O)(=O)Cl. The lowest BCUT2D eigenvalue weighted by molar-refractivity contribution is -0.387. The van der Waals surface area contributed by atoms with E-state index in [-0.39, 0.29) is 5.75 Å². The van der Waals surface area contributed by atoms with E-state index >= 15 is 0 Å². The molecule has 0 amide bonds. The van der Waals surface area contributed by atoms with Crippen LogP contribution in [-0.4, -0.2) is 20.5 Å². The van der Waals surface area contributed by atoms with Crippen LogP contribution in [0, 0.1) is 15.9 Å². The molecule has 0 unspecified atom stereocenters. The predicted molar refractivity (Wildman–Crippen MR) is 52.6 cm³/mol. The second-order valence-electron chi connectivity index (χ2n) is 2.65. The van der Waals surface area contributed by atoms with E-state index in [4.69, 9.17) is 10.7 Å². The summed E-state index contributed by atoms with van der Waals surface area (Å²) in [5.74, 6) is -1.69. The second kappa shape index (κ2) is 4.22. The standard InChI is InChI=1S/C7H5ClFNO5S/c1-15-6-3-5(10(11)12)4(9)2-7(6)16(8,13)14/h2-3H,1H3. The summed E-state index contributed by atoms with van der Waals surface area (Å²) in [5.41, 5.74) is -0.888. The summed E-state index contributed by atoms with van der Waals surface area (Å²) in [5, 5.41) is 10.4. The number of nitro groups is 1. The van der Waals surface area contributed by atoms with Crippen molar-refractivity contribution >= 4 is 25.4 Å². The van der Waals surface area contributed by atoms with E-state index in [0.717, 1.165) is 7.11 Å². The maximum Gasteiger partial charge on any atom is 0.308 e. The van der Waals surface area contributed by atoms with Gasteiger partial charge in [-0.05, 0) is 0 Å². The van der Waals surface area contributed by atoms with Crippen LogP contribution in [0.2, 0.25) is 0 Å². The van der Waals surface area contributed by atoms with Gasteiger partial charge in [0.15, 0.2) is 0 Å². The minimum atomic E-state index is -4.23. The maximum atomic E-state index is 13.1. The van der Waals surface area contributed by atoms with Crippen molar-refractivity contribution in [1.82, 2.24) is 0 Å². The highest BCUT2D eigenvalue weighted by molar-refractivity contribution is 8.13. The zero-order valence-corrected chi connectivity index (χ0v) is 9.38. The van der Waals surface area contributed by atoms with Gasteiger partial charge in [-0.25, -0.2) is 8.42 Å². The van der Waals surface area contributed by atoms with Gasteiger partial charge in [0.25, 0.3) is 9.05 Å². The lowest BCUT2D eigenvalue weighted by Gasteiger charge is -2.05. The molecule has 0 heterocycles. The smallest absolute Gasteiger partial charge is 0.308 e. The first-order valence-electron chi connectivity index (χ1n) is 3.74. The van der Waals surface area contributed by atoms with E-state index in [0.29, 0.717) is 12.1 Å². The first kappa shape index (κ1) is 12.7. The van der Waals surface area contributed by atoms with Crippen molar-refractivity contribution < 1.29 is 22.5 Å². The van der Waals surface area contributed by atoms with Crippen molar-refractivity contribution in [1.29, 1.82) is 0 Å². The minimum absolute atomic E-state index is 0.386. The van der Waals surface area contributed by atoms with Crippen molar-refractivity contribution in [2.45, 2.75) is 4.90 Å². The summed E-state index contributed by atoms with van der Waals surface area (Å²) in [6.45, 7) is 0. The van der Waals surface area contributed by atoms with Crippen LogP contribution in [0.25, 0.3) is 0 Å². The average Bonchev–Trinajstić information content (AvgIpc) is 2.15. The molecule has 0 bridgehead atoms. The van der Waals surface area contributed by atoms with Gasteiger partial charge in [-0.2, -0.15) is 4.39 Å². The lowest BCUT2D eigenvalue weighted by atomic mass is 10.3. The second-order valence-corrected chi connectivity index (χ2v) is 5.18. The van der Waals surface area contributed by atoms with E-state index in [1.807, 2.05) is 0 Å². The van der Waals surface area contributed by atoms with Crippen molar-refractivity contribution in [2.24, 2.45) is 0 Å². The van der Waals surface area contributed by atoms with Crippen molar-refractivity contribution in [3.63, 3.8) is 0 Å². The van der Waals surface area contributed by atoms with Crippen molar-refractivity contribution in [3.05, 3.63) is 28.1 Å². The number of hydrogen-bond donors (Lipinski definition) is 0. The highest BCUT2D eigenvalue weighted by atomic mass is 35.7. The number of halogens is 2. The topological polar surface area (TPSA) is 86.5 Å². The number of nitro benzene ring substituents is 1. The molecule has 0 saturated heterocycles. The fraction of sp³-hybridized carbons (Fsp3) is 0.143. The molecule has 0 spiro atoms. The Balaban J connectivity index is 3.57. The van der Waals surface area contributed by atoms with Gasteiger partial charge in [-0.3, -0.25) is 10.1 Å². The van der Waals surface area contributed by atoms with Gasteiger partial charge in [0, 0.05) is 16.7 Å². The molecular formula is C7H5ClFNO5S. The molecule has 0 N–H and O–H groups in total. The molecule has 1 aromatic rings. The number of benzene rings is 1. The lowest BCUT2D eigenvalue weighted by Crippen LogP contribution is -2.00. The fourth-order valence-corrected chi connectivity index (χ4v) is 2.00. The highest BCUT2D eigenvalue weighted by Gasteiger charge is 2.24. The average molecular weight is 270 g/mol. The Hall–Kier alpha value is -1.41. The van der Waals surface area contributed by atoms with E-state index in [2.05, 4.69) is 4.74 Å². The molecule has 0 aromatic heterocycles. The van der Waals surface area contributed by atoms with E-state index in [9.17, 15) is 22.9 Å². The van der Waals surface area contributed by atoms with Gasteiger partial charge >= 0.3 is 5.69 Å². The van der Waals surface area contributed by atoms with Crippen molar-refractivity contribution in [2.75, 3.05) is 7.11 Å². The zero-order valence-electron chi connectivity index (χ0n) is 7.81. The Morgan fingerprint density at radius 2 is 2.06 bits per heavy atom. The fourth-order valence-electron chi connectivity index (χ4n) is 1.01. The molecule has 88 valence electrons. The third-order valence-electron chi connectivity index (χ3n) is 1.69. The largest absolute Gasteiger partial charge is 0.495 e. The Kier molecular flexibility index (Phi) is 3.34. The molecule has 0 saturated carbocycles. The number of rotatable bonds is 3. The molecule has 1 aromatic carbocycles. The Morgan fingerprint density at radius 3 is 2.44 bits per heavy atom. The maximum absolute atomic E-state index is 13.1. The monoisotopic (exact) mass is 269 g/mol. The van der Waals surface area contributed by atoms with Crippen LogP contribution in [0.15, 0.2) is 17.0 Å². The van der Waals surface area contributed by atoms with Crippen LogP contribution in [-0.2, 0) is 9.05 Å². The number of ether oxygens (including phenoxy) is 1. The van der Waals surface area contributed by atoms with Crippen LogP contribution in [0.4, 0.5) is 10.1 Å². The molecule has 0 atom stereocenters. The summed E-state index contributed by atoms with van der Waals surface area (Å²) in [6.07, 6.45) is 0. The minimum Gasteiger partial charge on any atom is -0.495 e.